The second kappa shape index (κ2) is 15.7. The van der Waals surface area contributed by atoms with E-state index in [1.165, 1.54) is 43.4 Å². The van der Waals surface area contributed by atoms with Gasteiger partial charge < -0.3 is 16.1 Å². The molecule has 0 spiro atoms. The summed E-state index contributed by atoms with van der Waals surface area (Å²) in [5.41, 5.74) is 0. The second-order valence-corrected chi connectivity index (χ2v) is 4.80. The zero-order valence-corrected chi connectivity index (χ0v) is 16.7. The van der Waals surface area contributed by atoms with E-state index in [1.54, 1.807) is 0 Å². The first kappa shape index (κ1) is 25.2. The molecule has 0 unspecified atom stereocenters. The van der Waals surface area contributed by atoms with Crippen molar-refractivity contribution in [3.63, 3.8) is 0 Å². The summed E-state index contributed by atoms with van der Waals surface area (Å²) in [5, 5.41) is 15.6. The molecular formula is C14H29KNO4+. The largest absolute Gasteiger partial charge is 1.00 e. The first-order valence-corrected chi connectivity index (χ1v) is 6.78. The smallest absolute Gasteiger partial charge is 1.00 e. The van der Waals surface area contributed by atoms with Gasteiger partial charge in [-0.2, -0.15) is 0 Å². The van der Waals surface area contributed by atoms with Crippen LogP contribution in [-0.4, -0.2) is 53.3 Å². The Hall–Kier alpha value is 0.276. The fourth-order valence-corrected chi connectivity index (χ4v) is 2.10. The summed E-state index contributed by atoms with van der Waals surface area (Å²) in [5.74, 6) is -2.51. The first-order chi connectivity index (χ1) is 8.81. The minimum absolute atomic E-state index is 0. The van der Waals surface area contributed by atoms with Crippen molar-refractivity contribution in [2.24, 2.45) is 0 Å². The third kappa shape index (κ3) is 18.3. The van der Waals surface area contributed by atoms with Crippen LogP contribution in [0, 0.1) is 0 Å². The van der Waals surface area contributed by atoms with Gasteiger partial charge in [-0.1, -0.05) is 20.8 Å². The monoisotopic (exact) mass is 314 g/mol. The number of hydrogen-bond donors (Lipinski definition) is 2. The van der Waals surface area contributed by atoms with Gasteiger partial charge in [0.2, 0.25) is 0 Å². The van der Waals surface area contributed by atoms with Gasteiger partial charge in [0, 0.05) is 12.2 Å². The molecule has 2 N–H and O–H groups in total. The van der Waals surface area contributed by atoms with Crippen LogP contribution in [0.2, 0.25) is 0 Å². The Labute approximate surface area is 166 Å². The van der Waals surface area contributed by atoms with E-state index in [1.807, 2.05) is 0 Å². The molecule has 0 amide bonds. The number of quaternary nitrogens is 1. The molecule has 20 heavy (non-hydrogen) atoms. The summed E-state index contributed by atoms with van der Waals surface area (Å²) in [6.07, 6.45) is 5.06. The van der Waals surface area contributed by atoms with Crippen molar-refractivity contribution in [2.45, 2.75) is 40.0 Å². The van der Waals surface area contributed by atoms with Gasteiger partial charge in [-0.3, -0.25) is 0 Å². The molecule has 0 aromatic heterocycles. The van der Waals surface area contributed by atoms with Crippen molar-refractivity contribution in [3.8, 4) is 0 Å². The molecule has 6 heteroatoms. The van der Waals surface area contributed by atoms with Gasteiger partial charge in [0.25, 0.3) is 0 Å². The number of hydrogen-bond acceptors (Lipinski definition) is 2. The van der Waals surface area contributed by atoms with Crippen LogP contribution >= 0.6 is 0 Å². The summed E-state index contributed by atoms with van der Waals surface area (Å²) < 4.78 is 1.28. The van der Waals surface area contributed by atoms with E-state index in [2.05, 4.69) is 27.8 Å². The fraction of sp³-hybridized carbons (Fsp3) is 0.714. The summed E-state index contributed by atoms with van der Waals surface area (Å²) in [6, 6.07) is 0. The van der Waals surface area contributed by atoms with Crippen LogP contribution in [-0.2, 0) is 9.59 Å². The van der Waals surface area contributed by atoms with Gasteiger partial charge in [0.1, 0.15) is 0 Å². The zero-order chi connectivity index (χ0) is 15.3. The third-order valence-electron chi connectivity index (χ3n) is 2.66. The Morgan fingerprint density at radius 3 is 1.30 bits per heavy atom. The molecule has 0 fully saturated rings. The van der Waals surface area contributed by atoms with E-state index in [-0.39, 0.29) is 52.8 Å². The summed E-state index contributed by atoms with van der Waals surface area (Å²) in [7, 11) is 2.39. The van der Waals surface area contributed by atoms with Crippen LogP contribution < -0.4 is 51.4 Å². The van der Waals surface area contributed by atoms with Gasteiger partial charge in [-0.25, -0.2) is 9.59 Å². The Balaban J connectivity index is -0.000000131. The van der Waals surface area contributed by atoms with Crippen molar-refractivity contribution in [2.75, 3.05) is 26.7 Å². The molecule has 5 nitrogen and oxygen atoms in total. The molecule has 114 valence electrons. The minimum Gasteiger partial charge on any atom is -1.00 e. The Kier molecular flexibility index (Phi) is 19.8. The van der Waals surface area contributed by atoms with Crippen LogP contribution in [0.3, 0.4) is 0 Å². The second-order valence-electron chi connectivity index (χ2n) is 4.80. The van der Waals surface area contributed by atoms with Crippen LogP contribution in [0.4, 0.5) is 0 Å². The van der Waals surface area contributed by atoms with Crippen LogP contribution in [0.5, 0.6) is 0 Å². The van der Waals surface area contributed by atoms with Crippen molar-refractivity contribution < 1.29 is 77.1 Å². The molecule has 0 aromatic rings. The molecule has 0 radical (unpaired) electrons. The van der Waals surface area contributed by atoms with E-state index in [4.69, 9.17) is 10.2 Å². The fourth-order valence-electron chi connectivity index (χ4n) is 2.10. The quantitative estimate of drug-likeness (QED) is 0.360. The van der Waals surface area contributed by atoms with Crippen molar-refractivity contribution >= 4 is 11.9 Å². The molecule has 0 saturated carbocycles. The minimum atomic E-state index is -1.26. The van der Waals surface area contributed by atoms with Gasteiger partial charge in [-0.15, -0.1) is 0 Å². The molecule has 0 saturated heterocycles. The average molecular weight is 314 g/mol. The van der Waals surface area contributed by atoms with E-state index in [9.17, 15) is 9.59 Å². The Morgan fingerprint density at radius 1 is 0.900 bits per heavy atom. The van der Waals surface area contributed by atoms with Crippen LogP contribution in [0.25, 0.3) is 0 Å². The van der Waals surface area contributed by atoms with Crippen LogP contribution in [0.1, 0.15) is 41.5 Å². The molecular weight excluding hydrogens is 285 g/mol. The molecule has 0 rings (SSSR count). The Bertz CT molecular complexity index is 266. The number of nitrogens with zero attached hydrogens (tertiary/aromatic N) is 1. The van der Waals surface area contributed by atoms with Gasteiger partial charge in [0.15, 0.2) is 0 Å². The summed E-state index contributed by atoms with van der Waals surface area (Å²) in [6.45, 7) is 10.9. The van der Waals surface area contributed by atoms with Crippen molar-refractivity contribution in [1.29, 1.82) is 0 Å². The summed E-state index contributed by atoms with van der Waals surface area (Å²) >= 11 is 0. The topological polar surface area (TPSA) is 74.6 Å². The Morgan fingerprint density at radius 2 is 1.15 bits per heavy atom. The number of carboxylic acid groups (broad SMARTS) is 2. The number of aliphatic carboxylic acids is 2. The predicted octanol–water partition coefficient (Wildman–Crippen LogP) is -0.509. The van der Waals surface area contributed by atoms with Gasteiger partial charge >= 0.3 is 63.3 Å². The first-order valence-electron chi connectivity index (χ1n) is 6.78. The molecule has 0 aliphatic heterocycles. The van der Waals surface area contributed by atoms with Gasteiger partial charge in [-0.05, 0) is 19.3 Å². The number of carbonyl (C=O) groups is 2. The predicted molar refractivity (Wildman–Crippen MR) is 77.2 cm³/mol. The van der Waals surface area contributed by atoms with Crippen molar-refractivity contribution in [3.05, 3.63) is 12.2 Å². The normalized spacial score (nSPS) is 10.4. The number of carboxylic acids is 2. The molecule has 0 aliphatic carbocycles. The maximum atomic E-state index is 9.55. The van der Waals surface area contributed by atoms with E-state index in [0.717, 1.165) is 0 Å². The standard InChI is InChI=1S/C10H24N.C4H4O4.K.H/c1-5-8-11(4,9-6-2)10-7-3;5-3(6)1-2-4(7)8;;/h5-10H2,1-4H3;1-2H,(H,5,6)(H,7,8);;/q+1;;+1;-1/b;2-1+;;. The van der Waals surface area contributed by atoms with E-state index in [0.29, 0.717) is 12.2 Å². The molecule has 0 aromatic carbocycles. The van der Waals surface area contributed by atoms with Crippen LogP contribution in [0.15, 0.2) is 12.2 Å². The number of rotatable bonds is 8. The van der Waals surface area contributed by atoms with E-state index < -0.39 is 11.9 Å². The molecule has 0 bridgehead atoms. The van der Waals surface area contributed by atoms with E-state index >= 15 is 0 Å². The van der Waals surface area contributed by atoms with Gasteiger partial charge in [0.05, 0.1) is 26.7 Å². The average Bonchev–Trinajstić information content (AvgIpc) is 2.28. The zero-order valence-electron chi connectivity index (χ0n) is 14.6. The maximum absolute atomic E-state index is 9.55. The van der Waals surface area contributed by atoms with Crippen molar-refractivity contribution in [1.82, 2.24) is 0 Å². The molecule has 0 aliphatic rings. The summed E-state index contributed by atoms with van der Waals surface area (Å²) in [4.78, 5) is 19.1. The SMILES string of the molecule is CCC[N+](C)(CCC)CCC.O=C(O)/C=C/C(=O)O.[H-].[K+]. The molecule has 0 heterocycles. The maximum Gasteiger partial charge on any atom is 1.00 e. The third-order valence-corrected chi connectivity index (χ3v) is 2.66. The molecule has 0 atom stereocenters.